The zero-order chi connectivity index (χ0) is 10.8. The number of aromatic nitrogens is 2. The van der Waals surface area contributed by atoms with Crippen LogP contribution in [0.5, 0.6) is 0 Å². The van der Waals surface area contributed by atoms with E-state index in [-0.39, 0.29) is 5.69 Å². The van der Waals surface area contributed by atoms with Crippen molar-refractivity contribution in [2.75, 3.05) is 24.5 Å². The minimum absolute atomic E-state index is 0.226. The minimum Gasteiger partial charge on any atom is -0.356 e. The zero-order valence-electron chi connectivity index (χ0n) is 8.11. The van der Waals surface area contributed by atoms with Crippen LogP contribution in [0.3, 0.4) is 0 Å². The highest BCUT2D eigenvalue weighted by molar-refractivity contribution is 5.42. The molecular formula is C9H12F2N4. The van der Waals surface area contributed by atoms with Crippen molar-refractivity contribution in [3.05, 3.63) is 18.1 Å². The molecule has 2 rings (SSSR count). The predicted molar refractivity (Wildman–Crippen MR) is 51.7 cm³/mol. The molecule has 0 unspecified atom stereocenters. The Morgan fingerprint density at radius 1 is 1.47 bits per heavy atom. The average molecular weight is 214 g/mol. The molecule has 2 N–H and O–H groups in total. The Hall–Kier alpha value is -1.30. The zero-order valence-corrected chi connectivity index (χ0v) is 8.11. The highest BCUT2D eigenvalue weighted by Gasteiger charge is 2.27. The number of nitrogens with two attached hydrogens (primary N) is 1. The molecule has 0 atom stereocenters. The van der Waals surface area contributed by atoms with E-state index in [1.165, 1.54) is 12.4 Å². The SMILES string of the molecule is NCC1CN(c2cc(C(F)F)ncn2)C1. The molecule has 1 saturated heterocycles. The molecule has 1 aliphatic heterocycles. The second-order valence-corrected chi connectivity index (χ2v) is 3.61. The van der Waals surface area contributed by atoms with E-state index in [0.717, 1.165) is 13.1 Å². The van der Waals surface area contributed by atoms with Crippen LogP contribution in [-0.2, 0) is 0 Å². The molecule has 2 heterocycles. The topological polar surface area (TPSA) is 55.0 Å². The van der Waals surface area contributed by atoms with Crippen LogP contribution in [0.15, 0.2) is 12.4 Å². The fourth-order valence-corrected chi connectivity index (χ4v) is 1.56. The molecule has 0 radical (unpaired) electrons. The van der Waals surface area contributed by atoms with Gasteiger partial charge in [-0.2, -0.15) is 0 Å². The molecule has 0 amide bonds. The maximum absolute atomic E-state index is 12.3. The van der Waals surface area contributed by atoms with Crippen LogP contribution in [-0.4, -0.2) is 29.6 Å². The van der Waals surface area contributed by atoms with Crippen molar-refractivity contribution < 1.29 is 8.78 Å². The highest BCUT2D eigenvalue weighted by atomic mass is 19.3. The molecule has 0 saturated carbocycles. The molecule has 1 aromatic rings. The van der Waals surface area contributed by atoms with Crippen molar-refractivity contribution in [1.29, 1.82) is 0 Å². The van der Waals surface area contributed by atoms with Gasteiger partial charge in [-0.1, -0.05) is 0 Å². The van der Waals surface area contributed by atoms with E-state index in [9.17, 15) is 8.78 Å². The van der Waals surface area contributed by atoms with E-state index in [4.69, 9.17) is 5.73 Å². The summed E-state index contributed by atoms with van der Waals surface area (Å²) in [4.78, 5) is 9.38. The molecule has 82 valence electrons. The van der Waals surface area contributed by atoms with Crippen molar-refractivity contribution >= 4 is 5.82 Å². The normalized spacial score (nSPS) is 16.9. The molecule has 0 aromatic carbocycles. The maximum atomic E-state index is 12.3. The monoisotopic (exact) mass is 214 g/mol. The summed E-state index contributed by atoms with van der Waals surface area (Å²) in [7, 11) is 0. The summed E-state index contributed by atoms with van der Waals surface area (Å²) >= 11 is 0. The minimum atomic E-state index is -2.54. The Labute approximate surface area is 86.1 Å². The van der Waals surface area contributed by atoms with E-state index in [0.29, 0.717) is 18.3 Å². The van der Waals surface area contributed by atoms with E-state index >= 15 is 0 Å². The van der Waals surface area contributed by atoms with Crippen molar-refractivity contribution in [2.45, 2.75) is 6.43 Å². The highest BCUT2D eigenvalue weighted by Crippen LogP contribution is 2.24. The van der Waals surface area contributed by atoms with E-state index in [1.807, 2.05) is 4.90 Å². The summed E-state index contributed by atoms with van der Waals surface area (Å²) in [5.74, 6) is 1.01. The van der Waals surface area contributed by atoms with Crippen LogP contribution in [0, 0.1) is 5.92 Å². The first kappa shape index (κ1) is 10.2. The van der Waals surface area contributed by atoms with Crippen molar-refractivity contribution in [1.82, 2.24) is 9.97 Å². The first-order valence-corrected chi connectivity index (χ1v) is 4.76. The Bertz CT molecular complexity index is 339. The quantitative estimate of drug-likeness (QED) is 0.809. The summed E-state index contributed by atoms with van der Waals surface area (Å²) in [6, 6.07) is 1.33. The number of hydrogen-bond donors (Lipinski definition) is 1. The number of anilines is 1. The van der Waals surface area contributed by atoms with Crippen molar-refractivity contribution in [2.24, 2.45) is 11.7 Å². The fraction of sp³-hybridized carbons (Fsp3) is 0.556. The first-order chi connectivity index (χ1) is 7.20. The van der Waals surface area contributed by atoms with Gasteiger partial charge in [-0.25, -0.2) is 18.7 Å². The second-order valence-electron chi connectivity index (χ2n) is 3.61. The Balaban J connectivity index is 2.06. The third-order valence-electron chi connectivity index (χ3n) is 2.51. The first-order valence-electron chi connectivity index (χ1n) is 4.76. The molecule has 1 aromatic heterocycles. The van der Waals surface area contributed by atoms with E-state index in [2.05, 4.69) is 9.97 Å². The van der Waals surface area contributed by atoms with Crippen molar-refractivity contribution in [3.8, 4) is 0 Å². The van der Waals surface area contributed by atoms with Gasteiger partial charge in [0, 0.05) is 25.1 Å². The summed E-state index contributed by atoms with van der Waals surface area (Å²) in [5, 5.41) is 0. The molecule has 0 spiro atoms. The third-order valence-corrected chi connectivity index (χ3v) is 2.51. The van der Waals surface area contributed by atoms with Gasteiger partial charge in [0.15, 0.2) is 0 Å². The van der Waals surface area contributed by atoms with Crippen LogP contribution in [0.25, 0.3) is 0 Å². The molecule has 15 heavy (non-hydrogen) atoms. The Morgan fingerprint density at radius 2 is 2.20 bits per heavy atom. The van der Waals surface area contributed by atoms with Gasteiger partial charge in [0.05, 0.1) is 0 Å². The Kier molecular flexibility index (Phi) is 2.77. The fourth-order valence-electron chi connectivity index (χ4n) is 1.56. The van der Waals surface area contributed by atoms with Gasteiger partial charge in [0.1, 0.15) is 17.8 Å². The van der Waals surface area contributed by atoms with Gasteiger partial charge in [-0.15, -0.1) is 0 Å². The molecule has 6 heteroatoms. The van der Waals surface area contributed by atoms with Crippen molar-refractivity contribution in [3.63, 3.8) is 0 Å². The summed E-state index contributed by atoms with van der Waals surface area (Å²) in [6.45, 7) is 2.20. The lowest BCUT2D eigenvalue weighted by Gasteiger charge is -2.39. The Morgan fingerprint density at radius 3 is 2.80 bits per heavy atom. The van der Waals surface area contributed by atoms with Gasteiger partial charge in [0.25, 0.3) is 6.43 Å². The van der Waals surface area contributed by atoms with Crippen LogP contribution in [0.4, 0.5) is 14.6 Å². The van der Waals surface area contributed by atoms with Gasteiger partial charge < -0.3 is 10.6 Å². The number of rotatable bonds is 3. The van der Waals surface area contributed by atoms with Crippen LogP contribution in [0.1, 0.15) is 12.1 Å². The summed E-state index contributed by atoms with van der Waals surface area (Å²) in [5.41, 5.74) is 5.25. The predicted octanol–water partition coefficient (Wildman–Crippen LogP) is 0.809. The average Bonchev–Trinajstić information content (AvgIpc) is 2.16. The standard InChI is InChI=1S/C9H12F2N4/c10-9(11)7-1-8(14-5-13-7)15-3-6(2-12)4-15/h1,5-6,9H,2-4,12H2. The lowest BCUT2D eigenvalue weighted by atomic mass is 10.0. The van der Waals surface area contributed by atoms with Gasteiger partial charge in [-0.3, -0.25) is 0 Å². The molecule has 0 aliphatic carbocycles. The van der Waals surface area contributed by atoms with Gasteiger partial charge >= 0.3 is 0 Å². The maximum Gasteiger partial charge on any atom is 0.280 e. The largest absolute Gasteiger partial charge is 0.356 e. The summed E-state index contributed by atoms with van der Waals surface area (Å²) < 4.78 is 24.7. The van der Waals surface area contributed by atoms with Crippen LogP contribution in [0.2, 0.25) is 0 Å². The lowest BCUT2D eigenvalue weighted by molar-refractivity contribution is 0.146. The molecule has 1 aliphatic rings. The third kappa shape index (κ3) is 2.04. The molecule has 1 fully saturated rings. The second kappa shape index (κ2) is 4.06. The molecular weight excluding hydrogens is 202 g/mol. The van der Waals surface area contributed by atoms with Gasteiger partial charge in [0.2, 0.25) is 0 Å². The summed E-state index contributed by atoms with van der Waals surface area (Å²) in [6.07, 6.45) is -1.37. The number of halogens is 2. The molecule has 0 bridgehead atoms. The smallest absolute Gasteiger partial charge is 0.280 e. The van der Waals surface area contributed by atoms with Crippen LogP contribution < -0.4 is 10.6 Å². The number of hydrogen-bond acceptors (Lipinski definition) is 4. The van der Waals surface area contributed by atoms with E-state index in [1.54, 1.807) is 0 Å². The number of alkyl halides is 2. The molecule has 4 nitrogen and oxygen atoms in total. The number of nitrogens with zero attached hydrogens (tertiary/aromatic N) is 3. The van der Waals surface area contributed by atoms with Crippen LogP contribution >= 0.6 is 0 Å². The van der Waals surface area contributed by atoms with Gasteiger partial charge in [-0.05, 0) is 6.54 Å². The van der Waals surface area contributed by atoms with E-state index < -0.39 is 6.43 Å². The lowest BCUT2D eigenvalue weighted by Crippen LogP contribution is -2.50.